The second-order valence-electron chi connectivity index (χ2n) is 3.74. The Morgan fingerprint density at radius 3 is 2.69 bits per heavy atom. The molecule has 1 aromatic heterocycles. The van der Waals surface area contributed by atoms with E-state index in [0.717, 1.165) is 12.1 Å². The molecule has 1 aromatic rings. The molecule has 0 fully saturated rings. The van der Waals surface area contributed by atoms with Crippen LogP contribution >= 0.6 is 0 Å². The Bertz CT molecular complexity index is 373. The van der Waals surface area contributed by atoms with E-state index >= 15 is 0 Å². The van der Waals surface area contributed by atoms with Crippen LogP contribution in [0.5, 0.6) is 0 Å². The van der Waals surface area contributed by atoms with Crippen molar-refractivity contribution < 1.29 is 4.79 Å². The summed E-state index contributed by atoms with van der Waals surface area (Å²) in [6.07, 6.45) is 4.18. The van der Waals surface area contributed by atoms with Crippen molar-refractivity contribution in [1.29, 1.82) is 0 Å². The Hall–Kier alpha value is -1.71. The van der Waals surface area contributed by atoms with Crippen LogP contribution in [0.15, 0.2) is 29.6 Å². The van der Waals surface area contributed by atoms with E-state index in [1.807, 2.05) is 6.92 Å². The molecular weight excluding hydrogens is 202 g/mol. The van der Waals surface area contributed by atoms with Crippen molar-refractivity contribution in [2.45, 2.75) is 27.2 Å². The zero-order valence-electron chi connectivity index (χ0n) is 9.90. The zero-order chi connectivity index (χ0) is 12.0. The number of hydrogen-bond donors (Lipinski definition) is 1. The molecule has 0 saturated carbocycles. The molecule has 1 amide bonds. The van der Waals surface area contributed by atoms with E-state index in [-0.39, 0.29) is 5.91 Å². The first kappa shape index (κ1) is 12.4. The summed E-state index contributed by atoms with van der Waals surface area (Å²) in [5.74, 6) is 0.183. The number of carbonyl (C=O) groups is 1. The molecule has 0 unspecified atom stereocenters. The third kappa shape index (κ3) is 3.46. The fraction of sp³-hybridized carbons (Fsp3) is 0.417. The Morgan fingerprint density at radius 1 is 1.50 bits per heavy atom. The average Bonchev–Trinajstić information content (AvgIpc) is 2.35. The minimum Gasteiger partial charge on any atom is -0.267 e. The van der Waals surface area contributed by atoms with Gasteiger partial charge in [-0.1, -0.05) is 13.8 Å². The second kappa shape index (κ2) is 6.00. The molecule has 0 saturated heterocycles. The predicted molar refractivity (Wildman–Crippen MR) is 64.3 cm³/mol. The lowest BCUT2D eigenvalue weighted by atomic mass is 10.1. The number of pyridine rings is 1. The highest BCUT2D eigenvalue weighted by atomic mass is 16.2. The van der Waals surface area contributed by atoms with Crippen molar-refractivity contribution in [3.63, 3.8) is 0 Å². The minimum absolute atomic E-state index is 0.204. The van der Waals surface area contributed by atoms with Gasteiger partial charge in [0.25, 0.3) is 5.91 Å². The SMILES string of the molecule is CC[C@@H](C)/C(C)=N/NC(=O)c1ccncc1. The summed E-state index contributed by atoms with van der Waals surface area (Å²) in [5, 5.41) is 4.07. The number of nitrogens with zero attached hydrogens (tertiary/aromatic N) is 2. The van der Waals surface area contributed by atoms with Gasteiger partial charge in [-0.2, -0.15) is 5.10 Å². The molecule has 1 rings (SSSR count). The Kier molecular flexibility index (Phi) is 4.64. The van der Waals surface area contributed by atoms with Gasteiger partial charge in [-0.05, 0) is 31.4 Å². The summed E-state index contributed by atoms with van der Waals surface area (Å²) >= 11 is 0. The highest BCUT2D eigenvalue weighted by molar-refractivity contribution is 5.95. The second-order valence-corrected chi connectivity index (χ2v) is 3.74. The summed E-state index contributed by atoms with van der Waals surface area (Å²) < 4.78 is 0. The summed E-state index contributed by atoms with van der Waals surface area (Å²) in [4.78, 5) is 15.5. The number of hydrazone groups is 1. The Balaban J connectivity index is 2.60. The molecule has 86 valence electrons. The van der Waals surface area contributed by atoms with Gasteiger partial charge in [0.15, 0.2) is 0 Å². The summed E-state index contributed by atoms with van der Waals surface area (Å²) in [7, 11) is 0. The number of amides is 1. The van der Waals surface area contributed by atoms with Gasteiger partial charge in [0.1, 0.15) is 0 Å². The van der Waals surface area contributed by atoms with Crippen LogP contribution in [-0.2, 0) is 0 Å². The first-order valence-corrected chi connectivity index (χ1v) is 5.39. The van der Waals surface area contributed by atoms with Crippen molar-refractivity contribution in [3.8, 4) is 0 Å². The zero-order valence-corrected chi connectivity index (χ0v) is 9.90. The largest absolute Gasteiger partial charge is 0.271 e. The molecule has 0 aromatic carbocycles. The summed E-state index contributed by atoms with van der Waals surface area (Å²) in [6.45, 7) is 6.09. The van der Waals surface area contributed by atoms with Gasteiger partial charge < -0.3 is 0 Å². The lowest BCUT2D eigenvalue weighted by Crippen LogP contribution is -2.20. The standard InChI is InChI=1S/C12H17N3O/c1-4-9(2)10(3)14-15-12(16)11-5-7-13-8-6-11/h5-9H,4H2,1-3H3,(H,15,16)/b14-10+/t9-/m1/s1. The Labute approximate surface area is 95.8 Å². The van der Waals surface area contributed by atoms with Gasteiger partial charge in [-0.15, -0.1) is 0 Å². The van der Waals surface area contributed by atoms with Gasteiger partial charge in [0.05, 0.1) is 0 Å². The first-order valence-electron chi connectivity index (χ1n) is 5.39. The fourth-order valence-electron chi connectivity index (χ4n) is 1.11. The maximum Gasteiger partial charge on any atom is 0.271 e. The van der Waals surface area contributed by atoms with E-state index in [1.165, 1.54) is 0 Å². The third-order valence-electron chi connectivity index (χ3n) is 2.60. The lowest BCUT2D eigenvalue weighted by molar-refractivity contribution is 0.0954. The van der Waals surface area contributed by atoms with Crippen LogP contribution in [0.25, 0.3) is 0 Å². The van der Waals surface area contributed by atoms with E-state index < -0.39 is 0 Å². The third-order valence-corrected chi connectivity index (χ3v) is 2.60. The van der Waals surface area contributed by atoms with Gasteiger partial charge in [-0.25, -0.2) is 5.43 Å². The molecule has 0 aliphatic heterocycles. The first-order chi connectivity index (χ1) is 7.65. The molecule has 16 heavy (non-hydrogen) atoms. The highest BCUT2D eigenvalue weighted by Gasteiger charge is 2.05. The molecule has 1 heterocycles. The molecule has 0 spiro atoms. The number of hydrogen-bond acceptors (Lipinski definition) is 3. The van der Waals surface area contributed by atoms with Gasteiger partial charge in [0, 0.05) is 23.7 Å². The highest BCUT2D eigenvalue weighted by Crippen LogP contribution is 2.03. The maximum absolute atomic E-state index is 11.6. The van der Waals surface area contributed by atoms with Crippen LogP contribution in [0.3, 0.4) is 0 Å². The van der Waals surface area contributed by atoms with Crippen molar-refractivity contribution in [2.75, 3.05) is 0 Å². The lowest BCUT2D eigenvalue weighted by Gasteiger charge is -2.07. The predicted octanol–water partition coefficient (Wildman–Crippen LogP) is 2.23. The van der Waals surface area contributed by atoms with Crippen molar-refractivity contribution in [2.24, 2.45) is 11.0 Å². The van der Waals surface area contributed by atoms with Gasteiger partial charge in [0.2, 0.25) is 0 Å². The molecule has 0 bridgehead atoms. The van der Waals surface area contributed by atoms with E-state index in [4.69, 9.17) is 0 Å². The molecule has 4 heteroatoms. The van der Waals surface area contributed by atoms with Crippen LogP contribution < -0.4 is 5.43 Å². The topological polar surface area (TPSA) is 54.4 Å². The normalized spacial score (nSPS) is 13.3. The van der Waals surface area contributed by atoms with E-state index in [2.05, 4.69) is 29.4 Å². The van der Waals surface area contributed by atoms with Gasteiger partial charge >= 0.3 is 0 Å². The molecule has 0 radical (unpaired) electrons. The quantitative estimate of drug-likeness (QED) is 0.623. The molecule has 0 aliphatic carbocycles. The molecule has 1 atom stereocenters. The fourth-order valence-corrected chi connectivity index (χ4v) is 1.11. The van der Waals surface area contributed by atoms with Crippen molar-refractivity contribution in [3.05, 3.63) is 30.1 Å². The van der Waals surface area contributed by atoms with Crippen LogP contribution in [-0.4, -0.2) is 16.6 Å². The number of nitrogens with one attached hydrogen (secondary N) is 1. The summed E-state index contributed by atoms with van der Waals surface area (Å²) in [5.41, 5.74) is 4.04. The summed E-state index contributed by atoms with van der Waals surface area (Å²) in [6, 6.07) is 3.31. The maximum atomic E-state index is 11.6. The van der Waals surface area contributed by atoms with Crippen molar-refractivity contribution >= 4 is 11.6 Å². The Morgan fingerprint density at radius 2 is 2.12 bits per heavy atom. The van der Waals surface area contributed by atoms with Crippen LogP contribution in [0.1, 0.15) is 37.6 Å². The van der Waals surface area contributed by atoms with Crippen molar-refractivity contribution in [1.82, 2.24) is 10.4 Å². The van der Waals surface area contributed by atoms with E-state index in [0.29, 0.717) is 11.5 Å². The molecule has 0 aliphatic rings. The van der Waals surface area contributed by atoms with Gasteiger partial charge in [-0.3, -0.25) is 9.78 Å². The minimum atomic E-state index is -0.204. The molecule has 1 N–H and O–H groups in total. The van der Waals surface area contributed by atoms with Crippen LogP contribution in [0.4, 0.5) is 0 Å². The van der Waals surface area contributed by atoms with E-state index in [9.17, 15) is 4.79 Å². The van der Waals surface area contributed by atoms with Crippen LogP contribution in [0.2, 0.25) is 0 Å². The molecule has 4 nitrogen and oxygen atoms in total. The average molecular weight is 219 g/mol. The smallest absolute Gasteiger partial charge is 0.267 e. The number of rotatable bonds is 4. The number of aromatic nitrogens is 1. The van der Waals surface area contributed by atoms with E-state index in [1.54, 1.807) is 24.5 Å². The molecular formula is C12H17N3O. The number of carbonyl (C=O) groups excluding carboxylic acids is 1. The van der Waals surface area contributed by atoms with Crippen LogP contribution in [0, 0.1) is 5.92 Å². The monoisotopic (exact) mass is 219 g/mol.